The number of benzene rings is 3. The van der Waals surface area contributed by atoms with Crippen molar-refractivity contribution in [2.75, 3.05) is 19.5 Å². The molecule has 31 heavy (non-hydrogen) atoms. The van der Waals surface area contributed by atoms with Crippen molar-refractivity contribution in [1.29, 1.82) is 0 Å². The van der Waals surface area contributed by atoms with Gasteiger partial charge in [-0.1, -0.05) is 12.1 Å². The third kappa shape index (κ3) is 5.39. The molecule has 0 aliphatic carbocycles. The van der Waals surface area contributed by atoms with Crippen molar-refractivity contribution in [2.45, 2.75) is 0 Å². The first-order valence-electron chi connectivity index (χ1n) is 9.26. The molecule has 3 N–H and O–H groups in total. The predicted octanol–water partition coefficient (Wildman–Crippen LogP) is 3.43. The lowest BCUT2D eigenvalue weighted by atomic mass is 10.1. The number of hydrogen-bond donors (Lipinski definition) is 3. The highest BCUT2D eigenvalue weighted by Gasteiger charge is 2.14. The van der Waals surface area contributed by atoms with E-state index in [9.17, 15) is 14.7 Å². The van der Waals surface area contributed by atoms with Crippen LogP contribution in [0.25, 0.3) is 0 Å². The number of amides is 2. The molecule has 8 heteroatoms. The first-order valence-corrected chi connectivity index (χ1v) is 9.26. The fourth-order valence-electron chi connectivity index (χ4n) is 2.74. The quantitative estimate of drug-likeness (QED) is 0.402. The standard InChI is InChI=1S/C23H21N3O5/c1-30-17-10-8-16(9-11-17)22(28)25-19-6-4-3-5-18(19)23(29)26-24-14-15-7-12-21(31-2)20(27)13-15/h3-14,27H,1-2H3,(H,25,28)(H,26,29)/b24-14-. The molecule has 3 aromatic carbocycles. The number of aromatic hydroxyl groups is 1. The molecular formula is C23H21N3O5. The number of hydrazone groups is 1. The Labute approximate surface area is 179 Å². The van der Waals surface area contributed by atoms with Crippen LogP contribution in [0.1, 0.15) is 26.3 Å². The van der Waals surface area contributed by atoms with Crippen LogP contribution in [0.3, 0.4) is 0 Å². The number of nitrogens with one attached hydrogen (secondary N) is 2. The zero-order valence-corrected chi connectivity index (χ0v) is 17.0. The molecule has 3 aromatic rings. The summed E-state index contributed by atoms with van der Waals surface area (Å²) >= 11 is 0. The summed E-state index contributed by atoms with van der Waals surface area (Å²) in [7, 11) is 3.00. The normalized spacial score (nSPS) is 10.5. The van der Waals surface area contributed by atoms with E-state index in [1.807, 2.05) is 0 Å². The predicted molar refractivity (Wildman–Crippen MR) is 117 cm³/mol. The highest BCUT2D eigenvalue weighted by atomic mass is 16.5. The number of hydrogen-bond acceptors (Lipinski definition) is 6. The average Bonchev–Trinajstić information content (AvgIpc) is 2.79. The van der Waals surface area contributed by atoms with Gasteiger partial charge in [-0.3, -0.25) is 9.59 Å². The zero-order chi connectivity index (χ0) is 22.2. The third-order valence-corrected chi connectivity index (χ3v) is 4.35. The van der Waals surface area contributed by atoms with E-state index in [0.717, 1.165) is 0 Å². The smallest absolute Gasteiger partial charge is 0.273 e. The van der Waals surface area contributed by atoms with E-state index in [-0.39, 0.29) is 17.2 Å². The molecule has 2 amide bonds. The molecule has 0 atom stereocenters. The number of methoxy groups -OCH3 is 2. The van der Waals surface area contributed by atoms with Gasteiger partial charge in [-0.2, -0.15) is 5.10 Å². The van der Waals surface area contributed by atoms with Gasteiger partial charge in [-0.15, -0.1) is 0 Å². The van der Waals surface area contributed by atoms with Gasteiger partial charge in [-0.05, 0) is 60.2 Å². The van der Waals surface area contributed by atoms with E-state index >= 15 is 0 Å². The second kappa shape index (κ2) is 9.93. The largest absolute Gasteiger partial charge is 0.504 e. The Morgan fingerprint density at radius 1 is 0.935 bits per heavy atom. The average molecular weight is 419 g/mol. The first kappa shape index (κ1) is 21.4. The van der Waals surface area contributed by atoms with Crippen LogP contribution in [0.2, 0.25) is 0 Å². The molecule has 0 aliphatic heterocycles. The number of carbonyl (C=O) groups is 2. The molecule has 0 radical (unpaired) electrons. The number of phenolic OH excluding ortho intramolecular Hbond substituents is 1. The molecule has 3 rings (SSSR count). The van der Waals surface area contributed by atoms with Crippen molar-refractivity contribution < 1.29 is 24.2 Å². The maximum Gasteiger partial charge on any atom is 0.273 e. The Bertz CT molecular complexity index is 1110. The number of anilines is 1. The van der Waals surface area contributed by atoms with E-state index < -0.39 is 5.91 Å². The van der Waals surface area contributed by atoms with Crippen molar-refractivity contribution >= 4 is 23.7 Å². The maximum atomic E-state index is 12.6. The first-order chi connectivity index (χ1) is 15.0. The summed E-state index contributed by atoms with van der Waals surface area (Å²) < 4.78 is 10.1. The number of rotatable bonds is 7. The lowest BCUT2D eigenvalue weighted by Gasteiger charge is -2.10. The number of nitrogens with zero attached hydrogens (tertiary/aromatic N) is 1. The van der Waals surface area contributed by atoms with Gasteiger partial charge in [-0.25, -0.2) is 5.43 Å². The number of carbonyl (C=O) groups excluding carboxylic acids is 2. The molecular weight excluding hydrogens is 398 g/mol. The molecule has 0 bridgehead atoms. The number of para-hydroxylation sites is 1. The Hall–Kier alpha value is -4.33. The molecule has 0 fully saturated rings. The van der Waals surface area contributed by atoms with E-state index in [4.69, 9.17) is 9.47 Å². The third-order valence-electron chi connectivity index (χ3n) is 4.35. The van der Waals surface area contributed by atoms with Gasteiger partial charge in [0.25, 0.3) is 11.8 Å². The monoisotopic (exact) mass is 419 g/mol. The maximum absolute atomic E-state index is 12.6. The van der Waals surface area contributed by atoms with Crippen LogP contribution in [0.15, 0.2) is 71.8 Å². The Kier molecular flexibility index (Phi) is 6.85. The van der Waals surface area contributed by atoms with E-state index in [0.29, 0.717) is 28.3 Å². The van der Waals surface area contributed by atoms with Crippen molar-refractivity contribution in [1.82, 2.24) is 5.43 Å². The van der Waals surface area contributed by atoms with Crippen molar-refractivity contribution in [3.05, 3.63) is 83.4 Å². The van der Waals surface area contributed by atoms with Crippen LogP contribution in [0.4, 0.5) is 5.69 Å². The number of phenols is 1. The summed E-state index contributed by atoms with van der Waals surface area (Å²) in [6.07, 6.45) is 1.38. The molecule has 0 heterocycles. The fraction of sp³-hybridized carbons (Fsp3) is 0.0870. The minimum absolute atomic E-state index is 0.0376. The van der Waals surface area contributed by atoms with Crippen LogP contribution >= 0.6 is 0 Å². The van der Waals surface area contributed by atoms with Gasteiger partial charge >= 0.3 is 0 Å². The molecule has 0 aromatic heterocycles. The molecule has 0 saturated carbocycles. The number of ether oxygens (including phenoxy) is 2. The highest BCUT2D eigenvalue weighted by Crippen LogP contribution is 2.25. The van der Waals surface area contributed by atoms with Crippen molar-refractivity contribution in [3.63, 3.8) is 0 Å². The minimum atomic E-state index is -0.500. The van der Waals surface area contributed by atoms with Gasteiger partial charge < -0.3 is 19.9 Å². The van der Waals surface area contributed by atoms with Gasteiger partial charge in [0.1, 0.15) is 5.75 Å². The molecule has 0 aliphatic rings. The second-order valence-electron chi connectivity index (χ2n) is 6.36. The lowest BCUT2D eigenvalue weighted by molar-refractivity contribution is 0.0956. The minimum Gasteiger partial charge on any atom is -0.504 e. The molecule has 0 saturated heterocycles. The Morgan fingerprint density at radius 2 is 1.68 bits per heavy atom. The second-order valence-corrected chi connectivity index (χ2v) is 6.36. The molecule has 8 nitrogen and oxygen atoms in total. The highest BCUT2D eigenvalue weighted by molar-refractivity contribution is 6.09. The summed E-state index contributed by atoms with van der Waals surface area (Å²) in [4.78, 5) is 25.1. The molecule has 0 spiro atoms. The van der Waals surface area contributed by atoms with E-state index in [1.54, 1.807) is 67.8 Å². The van der Waals surface area contributed by atoms with Crippen molar-refractivity contribution in [3.8, 4) is 17.2 Å². The van der Waals surface area contributed by atoms with Crippen LogP contribution in [-0.4, -0.2) is 37.4 Å². The van der Waals surface area contributed by atoms with E-state index in [2.05, 4.69) is 15.8 Å². The summed E-state index contributed by atoms with van der Waals surface area (Å²) in [5, 5.41) is 16.4. The SMILES string of the molecule is COc1ccc(C(=O)Nc2ccccc2C(=O)N/N=C\c2ccc(OC)c(O)c2)cc1. The topological polar surface area (TPSA) is 109 Å². The summed E-state index contributed by atoms with van der Waals surface area (Å²) in [5.74, 6) is 0.0752. The van der Waals surface area contributed by atoms with Gasteiger partial charge in [0.2, 0.25) is 0 Å². The Morgan fingerprint density at radius 3 is 2.35 bits per heavy atom. The van der Waals surface area contributed by atoms with Gasteiger partial charge in [0.15, 0.2) is 11.5 Å². The van der Waals surface area contributed by atoms with Crippen LogP contribution in [0.5, 0.6) is 17.2 Å². The molecule has 158 valence electrons. The van der Waals surface area contributed by atoms with Crippen LogP contribution in [-0.2, 0) is 0 Å². The van der Waals surface area contributed by atoms with Crippen LogP contribution < -0.4 is 20.2 Å². The summed E-state index contributed by atoms with van der Waals surface area (Å²) in [5.41, 5.74) is 4.00. The zero-order valence-electron chi connectivity index (χ0n) is 17.0. The Balaban J connectivity index is 1.69. The van der Waals surface area contributed by atoms with Crippen LogP contribution in [0, 0.1) is 0 Å². The summed E-state index contributed by atoms with van der Waals surface area (Å²) in [6.45, 7) is 0. The van der Waals surface area contributed by atoms with Gasteiger partial charge in [0, 0.05) is 5.56 Å². The lowest BCUT2D eigenvalue weighted by Crippen LogP contribution is -2.21. The van der Waals surface area contributed by atoms with Gasteiger partial charge in [0.05, 0.1) is 31.7 Å². The summed E-state index contributed by atoms with van der Waals surface area (Å²) in [6, 6.07) is 17.9. The van der Waals surface area contributed by atoms with Crippen molar-refractivity contribution in [2.24, 2.45) is 5.10 Å². The fourth-order valence-corrected chi connectivity index (χ4v) is 2.74. The van der Waals surface area contributed by atoms with E-state index in [1.165, 1.54) is 19.4 Å². The molecule has 0 unspecified atom stereocenters.